The number of alkyl halides is 3. The fourth-order valence-electron chi connectivity index (χ4n) is 3.71. The van der Waals surface area contributed by atoms with Crippen molar-refractivity contribution in [3.05, 3.63) is 59.6 Å². The quantitative estimate of drug-likeness (QED) is 0.549. The van der Waals surface area contributed by atoms with Crippen LogP contribution in [0.2, 0.25) is 0 Å². The van der Waals surface area contributed by atoms with Gasteiger partial charge in [0.1, 0.15) is 11.8 Å². The van der Waals surface area contributed by atoms with Gasteiger partial charge in [0.2, 0.25) is 0 Å². The third-order valence-corrected chi connectivity index (χ3v) is 5.43. The van der Waals surface area contributed by atoms with E-state index in [1.54, 1.807) is 30.9 Å². The smallest absolute Gasteiger partial charge is 0.417 e. The van der Waals surface area contributed by atoms with E-state index in [-0.39, 0.29) is 11.6 Å². The lowest BCUT2D eigenvalue weighted by molar-refractivity contribution is -0.138. The minimum absolute atomic E-state index is 0.150. The number of amides is 1. The van der Waals surface area contributed by atoms with Crippen molar-refractivity contribution in [1.29, 1.82) is 0 Å². The van der Waals surface area contributed by atoms with Gasteiger partial charge < -0.3 is 9.64 Å². The highest BCUT2D eigenvalue weighted by molar-refractivity contribution is 5.96. The SMILES string of the molecule is Cc1ccc(-n2nccn2)c(C(=O)N2CCCC(Oc3ncc(C(F)(F)F)cc3F)C2C)n1. The van der Waals surface area contributed by atoms with Crippen molar-refractivity contribution in [1.82, 2.24) is 29.9 Å². The van der Waals surface area contributed by atoms with Crippen LogP contribution in [-0.2, 0) is 6.18 Å². The molecular formula is C21H20F4N6O2. The number of aromatic nitrogens is 5. The zero-order valence-electron chi connectivity index (χ0n) is 17.8. The lowest BCUT2D eigenvalue weighted by Gasteiger charge is -2.39. The van der Waals surface area contributed by atoms with Crippen LogP contribution in [0.1, 0.15) is 41.5 Å². The average molecular weight is 464 g/mol. The highest BCUT2D eigenvalue weighted by Crippen LogP contribution is 2.32. The van der Waals surface area contributed by atoms with E-state index in [2.05, 4.69) is 20.2 Å². The number of nitrogens with zero attached hydrogens (tertiary/aromatic N) is 6. The van der Waals surface area contributed by atoms with Gasteiger partial charge in [0.15, 0.2) is 11.5 Å². The summed E-state index contributed by atoms with van der Waals surface area (Å²) in [5.74, 6) is -2.13. The Bertz CT molecular complexity index is 1150. The van der Waals surface area contributed by atoms with Gasteiger partial charge in [-0.1, -0.05) is 0 Å². The molecule has 0 radical (unpaired) electrons. The number of likely N-dealkylation sites (tertiary alicyclic amines) is 1. The monoisotopic (exact) mass is 464 g/mol. The Kier molecular flexibility index (Phi) is 6.00. The largest absolute Gasteiger partial charge is 0.470 e. The van der Waals surface area contributed by atoms with Gasteiger partial charge in [0, 0.05) is 18.4 Å². The van der Waals surface area contributed by atoms with Crippen molar-refractivity contribution in [2.75, 3.05) is 6.54 Å². The van der Waals surface area contributed by atoms with Crippen LogP contribution in [-0.4, -0.2) is 54.5 Å². The molecule has 4 heterocycles. The number of halogens is 4. The number of pyridine rings is 2. The lowest BCUT2D eigenvalue weighted by Crippen LogP contribution is -2.51. The van der Waals surface area contributed by atoms with E-state index in [0.29, 0.717) is 43.0 Å². The molecule has 0 saturated carbocycles. The summed E-state index contributed by atoms with van der Waals surface area (Å²) in [5, 5.41) is 8.14. The van der Waals surface area contributed by atoms with E-state index >= 15 is 0 Å². The molecule has 1 amide bonds. The summed E-state index contributed by atoms with van der Waals surface area (Å²) in [6, 6.07) is 3.26. The molecule has 1 aliphatic rings. The molecule has 33 heavy (non-hydrogen) atoms. The standard InChI is InChI=1S/C21H20F4N6O2/c1-12-5-6-16(31-27-7-8-28-31)18(29-12)20(32)30-9-3-4-17(13(30)2)33-19-15(22)10-14(11-26-19)21(23,24)25/h5-8,10-11,13,17H,3-4,9H2,1-2H3. The van der Waals surface area contributed by atoms with Crippen molar-refractivity contribution < 1.29 is 27.1 Å². The number of rotatable bonds is 4. The maximum Gasteiger partial charge on any atom is 0.417 e. The Balaban J connectivity index is 1.57. The molecule has 0 N–H and O–H groups in total. The second-order valence-electron chi connectivity index (χ2n) is 7.69. The van der Waals surface area contributed by atoms with E-state index < -0.39 is 35.6 Å². The van der Waals surface area contributed by atoms with Gasteiger partial charge in [-0.3, -0.25) is 4.79 Å². The van der Waals surface area contributed by atoms with Crippen molar-refractivity contribution in [3.63, 3.8) is 0 Å². The molecule has 2 unspecified atom stereocenters. The molecule has 4 rings (SSSR count). The second-order valence-corrected chi connectivity index (χ2v) is 7.69. The normalized spacial score (nSPS) is 18.9. The minimum Gasteiger partial charge on any atom is -0.470 e. The Morgan fingerprint density at radius 1 is 1.21 bits per heavy atom. The Labute approximate surface area is 186 Å². The van der Waals surface area contributed by atoms with Crippen molar-refractivity contribution in [3.8, 4) is 11.6 Å². The molecule has 0 spiro atoms. The average Bonchev–Trinajstić information content (AvgIpc) is 3.30. The van der Waals surface area contributed by atoms with Crippen molar-refractivity contribution in [2.45, 2.75) is 45.0 Å². The van der Waals surface area contributed by atoms with Crippen LogP contribution in [0.4, 0.5) is 17.6 Å². The number of carbonyl (C=O) groups is 1. The van der Waals surface area contributed by atoms with Crippen molar-refractivity contribution >= 4 is 5.91 Å². The summed E-state index contributed by atoms with van der Waals surface area (Å²) in [4.78, 5) is 24.2. The van der Waals surface area contributed by atoms with Gasteiger partial charge in [0.05, 0.1) is 24.0 Å². The molecule has 1 saturated heterocycles. The number of hydrogen-bond acceptors (Lipinski definition) is 6. The number of ether oxygens (including phenoxy) is 1. The lowest BCUT2D eigenvalue weighted by atomic mass is 9.99. The first kappa shape index (κ1) is 22.6. The first-order valence-corrected chi connectivity index (χ1v) is 10.2. The molecule has 12 heteroatoms. The Morgan fingerprint density at radius 2 is 1.94 bits per heavy atom. The summed E-state index contributed by atoms with van der Waals surface area (Å²) in [6.07, 6.45) is -0.880. The van der Waals surface area contributed by atoms with E-state index in [1.165, 1.54) is 17.2 Å². The van der Waals surface area contributed by atoms with Gasteiger partial charge in [-0.25, -0.2) is 14.4 Å². The summed E-state index contributed by atoms with van der Waals surface area (Å²) in [6.45, 7) is 3.89. The summed E-state index contributed by atoms with van der Waals surface area (Å²) in [5.41, 5.74) is -0.0206. The molecule has 0 bridgehead atoms. The van der Waals surface area contributed by atoms with Gasteiger partial charge >= 0.3 is 6.18 Å². The summed E-state index contributed by atoms with van der Waals surface area (Å²) in [7, 11) is 0. The van der Waals surface area contributed by atoms with E-state index in [0.717, 1.165) is 0 Å². The Hall–Kier alpha value is -3.57. The van der Waals surface area contributed by atoms with Crippen LogP contribution in [0.5, 0.6) is 5.88 Å². The van der Waals surface area contributed by atoms with E-state index in [9.17, 15) is 22.4 Å². The van der Waals surface area contributed by atoms with Crippen LogP contribution in [0.25, 0.3) is 5.69 Å². The second kappa shape index (κ2) is 8.75. The number of piperidine rings is 1. The van der Waals surface area contributed by atoms with Crippen LogP contribution >= 0.6 is 0 Å². The molecule has 2 atom stereocenters. The van der Waals surface area contributed by atoms with Crippen LogP contribution in [0, 0.1) is 12.7 Å². The number of aryl methyl sites for hydroxylation is 1. The first-order valence-electron chi connectivity index (χ1n) is 10.2. The predicted octanol–water partition coefficient (Wildman–Crippen LogP) is 3.60. The highest BCUT2D eigenvalue weighted by Gasteiger charge is 2.36. The van der Waals surface area contributed by atoms with Gasteiger partial charge in [-0.2, -0.15) is 23.4 Å². The van der Waals surface area contributed by atoms with Gasteiger partial charge in [-0.15, -0.1) is 4.80 Å². The van der Waals surface area contributed by atoms with E-state index in [4.69, 9.17) is 4.74 Å². The molecule has 3 aromatic rings. The van der Waals surface area contributed by atoms with Crippen LogP contribution in [0.15, 0.2) is 36.8 Å². The number of hydrogen-bond donors (Lipinski definition) is 0. The fraction of sp³-hybridized carbons (Fsp3) is 0.381. The zero-order chi connectivity index (χ0) is 23.8. The molecular weight excluding hydrogens is 444 g/mol. The predicted molar refractivity (Wildman–Crippen MR) is 107 cm³/mol. The van der Waals surface area contributed by atoms with Crippen LogP contribution in [0.3, 0.4) is 0 Å². The fourth-order valence-corrected chi connectivity index (χ4v) is 3.71. The summed E-state index contributed by atoms with van der Waals surface area (Å²) < 4.78 is 58.2. The molecule has 0 aromatic carbocycles. The molecule has 174 valence electrons. The molecule has 3 aromatic heterocycles. The highest BCUT2D eigenvalue weighted by atomic mass is 19.4. The third-order valence-electron chi connectivity index (χ3n) is 5.43. The molecule has 1 aliphatic heterocycles. The maximum absolute atomic E-state index is 14.2. The van der Waals surface area contributed by atoms with Gasteiger partial charge in [-0.05, 0) is 44.9 Å². The maximum atomic E-state index is 14.2. The van der Waals surface area contributed by atoms with Crippen LogP contribution < -0.4 is 4.74 Å². The van der Waals surface area contributed by atoms with Gasteiger partial charge in [0.25, 0.3) is 11.8 Å². The topological polar surface area (TPSA) is 86.0 Å². The number of carbonyl (C=O) groups excluding carboxylic acids is 1. The summed E-state index contributed by atoms with van der Waals surface area (Å²) >= 11 is 0. The Morgan fingerprint density at radius 3 is 2.61 bits per heavy atom. The van der Waals surface area contributed by atoms with E-state index in [1.807, 2.05) is 0 Å². The molecule has 1 fully saturated rings. The molecule has 0 aliphatic carbocycles. The zero-order valence-corrected chi connectivity index (χ0v) is 17.8. The minimum atomic E-state index is -4.71. The third kappa shape index (κ3) is 4.64. The van der Waals surface area contributed by atoms with Crippen molar-refractivity contribution in [2.24, 2.45) is 0 Å². The molecule has 8 nitrogen and oxygen atoms in total. The first-order chi connectivity index (χ1) is 15.6.